The molecule has 1 amide bonds. The molecule has 0 saturated heterocycles. The van der Waals surface area contributed by atoms with Gasteiger partial charge in [-0.05, 0) is 32.9 Å². The lowest BCUT2D eigenvalue weighted by atomic mass is 10.1. The average molecular weight is 261 g/mol. The number of hydrogen-bond donors (Lipinski definition) is 2. The zero-order valence-corrected chi connectivity index (χ0v) is 11.7. The SMILES string of the molecule is COc1cccc(C#N)c1NC(C)C(=O)NC(C)C. The number of anilines is 1. The molecule has 19 heavy (non-hydrogen) atoms. The van der Waals surface area contributed by atoms with Crippen LogP contribution in [0.4, 0.5) is 5.69 Å². The zero-order chi connectivity index (χ0) is 14.4. The number of carbonyl (C=O) groups excluding carboxylic acids is 1. The van der Waals surface area contributed by atoms with Crippen molar-refractivity contribution in [1.29, 1.82) is 5.26 Å². The molecule has 0 aromatic heterocycles. The predicted octanol–water partition coefficient (Wildman–Crippen LogP) is 1.89. The van der Waals surface area contributed by atoms with Crippen molar-refractivity contribution in [2.75, 3.05) is 12.4 Å². The van der Waals surface area contributed by atoms with E-state index in [4.69, 9.17) is 10.00 Å². The summed E-state index contributed by atoms with van der Waals surface area (Å²) in [6, 6.07) is 6.86. The van der Waals surface area contributed by atoms with Crippen LogP contribution in [0.5, 0.6) is 5.75 Å². The van der Waals surface area contributed by atoms with Crippen molar-refractivity contribution in [3.63, 3.8) is 0 Å². The first-order valence-corrected chi connectivity index (χ1v) is 6.13. The van der Waals surface area contributed by atoms with Gasteiger partial charge in [-0.2, -0.15) is 5.26 Å². The lowest BCUT2D eigenvalue weighted by molar-refractivity contribution is -0.122. The Labute approximate surface area is 113 Å². The van der Waals surface area contributed by atoms with Crippen molar-refractivity contribution in [3.05, 3.63) is 23.8 Å². The molecule has 0 spiro atoms. The number of ether oxygens (including phenoxy) is 1. The Morgan fingerprint density at radius 2 is 2.05 bits per heavy atom. The molecule has 1 aromatic rings. The third kappa shape index (κ3) is 3.88. The largest absolute Gasteiger partial charge is 0.495 e. The summed E-state index contributed by atoms with van der Waals surface area (Å²) in [4.78, 5) is 11.9. The van der Waals surface area contributed by atoms with Crippen LogP contribution in [0, 0.1) is 11.3 Å². The first-order valence-electron chi connectivity index (χ1n) is 6.13. The average Bonchev–Trinajstić information content (AvgIpc) is 2.37. The van der Waals surface area contributed by atoms with Crippen molar-refractivity contribution < 1.29 is 9.53 Å². The molecule has 0 radical (unpaired) electrons. The number of para-hydroxylation sites is 1. The second-order valence-electron chi connectivity index (χ2n) is 4.52. The van der Waals surface area contributed by atoms with Crippen molar-refractivity contribution >= 4 is 11.6 Å². The fourth-order valence-electron chi connectivity index (χ4n) is 1.63. The molecule has 1 unspecified atom stereocenters. The van der Waals surface area contributed by atoms with Gasteiger partial charge in [-0.1, -0.05) is 6.07 Å². The van der Waals surface area contributed by atoms with Crippen LogP contribution in [0.25, 0.3) is 0 Å². The molecule has 0 saturated carbocycles. The summed E-state index contributed by atoms with van der Waals surface area (Å²) in [7, 11) is 1.53. The van der Waals surface area contributed by atoms with E-state index in [9.17, 15) is 4.79 Å². The third-order valence-corrected chi connectivity index (χ3v) is 2.55. The second kappa shape index (κ2) is 6.64. The Balaban J connectivity index is 2.93. The van der Waals surface area contributed by atoms with E-state index in [1.54, 1.807) is 25.1 Å². The Bertz CT molecular complexity index is 492. The van der Waals surface area contributed by atoms with Crippen LogP contribution >= 0.6 is 0 Å². The summed E-state index contributed by atoms with van der Waals surface area (Å²) < 4.78 is 5.20. The molecule has 0 aliphatic carbocycles. The monoisotopic (exact) mass is 261 g/mol. The van der Waals surface area contributed by atoms with Crippen LogP contribution in [0.2, 0.25) is 0 Å². The smallest absolute Gasteiger partial charge is 0.242 e. The minimum Gasteiger partial charge on any atom is -0.495 e. The maximum absolute atomic E-state index is 11.9. The molecular formula is C14H19N3O2. The van der Waals surface area contributed by atoms with Crippen LogP contribution in [0.1, 0.15) is 26.3 Å². The number of methoxy groups -OCH3 is 1. The molecule has 0 aliphatic rings. The molecule has 0 bridgehead atoms. The lowest BCUT2D eigenvalue weighted by Gasteiger charge is -2.19. The van der Waals surface area contributed by atoms with Crippen molar-refractivity contribution in [1.82, 2.24) is 5.32 Å². The molecule has 102 valence electrons. The first-order chi connectivity index (χ1) is 8.99. The number of nitriles is 1. The van der Waals surface area contributed by atoms with Gasteiger partial charge in [-0.3, -0.25) is 4.79 Å². The zero-order valence-electron chi connectivity index (χ0n) is 11.7. The first kappa shape index (κ1) is 14.8. The summed E-state index contributed by atoms with van der Waals surface area (Å²) in [5.74, 6) is 0.424. The molecule has 5 nitrogen and oxygen atoms in total. The Morgan fingerprint density at radius 3 is 2.58 bits per heavy atom. The molecule has 0 aliphatic heterocycles. The van der Waals surface area contributed by atoms with Gasteiger partial charge in [0.05, 0.1) is 18.4 Å². The van der Waals surface area contributed by atoms with Gasteiger partial charge in [0.1, 0.15) is 17.9 Å². The lowest BCUT2D eigenvalue weighted by Crippen LogP contribution is -2.41. The highest BCUT2D eigenvalue weighted by atomic mass is 16.5. The van der Waals surface area contributed by atoms with Gasteiger partial charge in [-0.25, -0.2) is 0 Å². The highest BCUT2D eigenvalue weighted by Crippen LogP contribution is 2.28. The molecule has 1 aromatic carbocycles. The minimum atomic E-state index is -0.453. The van der Waals surface area contributed by atoms with Gasteiger partial charge in [0.25, 0.3) is 0 Å². The van der Waals surface area contributed by atoms with E-state index in [1.807, 2.05) is 13.8 Å². The molecule has 5 heteroatoms. The van der Waals surface area contributed by atoms with Gasteiger partial charge >= 0.3 is 0 Å². The van der Waals surface area contributed by atoms with E-state index in [0.717, 1.165) is 0 Å². The van der Waals surface area contributed by atoms with E-state index in [0.29, 0.717) is 17.0 Å². The van der Waals surface area contributed by atoms with E-state index < -0.39 is 6.04 Å². The summed E-state index contributed by atoms with van der Waals surface area (Å²) in [6.45, 7) is 5.54. The Morgan fingerprint density at radius 1 is 1.37 bits per heavy atom. The van der Waals surface area contributed by atoms with Crippen LogP contribution < -0.4 is 15.4 Å². The van der Waals surface area contributed by atoms with E-state index in [1.165, 1.54) is 7.11 Å². The topological polar surface area (TPSA) is 74.1 Å². The van der Waals surface area contributed by atoms with Crippen molar-refractivity contribution in [2.24, 2.45) is 0 Å². The molecular weight excluding hydrogens is 242 g/mol. The maximum Gasteiger partial charge on any atom is 0.242 e. The molecule has 1 atom stereocenters. The summed E-state index contributed by atoms with van der Waals surface area (Å²) in [5.41, 5.74) is 0.988. The normalized spacial score (nSPS) is 11.6. The molecule has 1 rings (SSSR count). The van der Waals surface area contributed by atoms with Gasteiger partial charge < -0.3 is 15.4 Å². The Hall–Kier alpha value is -2.22. The fourth-order valence-corrected chi connectivity index (χ4v) is 1.63. The van der Waals surface area contributed by atoms with Crippen LogP contribution in [0.15, 0.2) is 18.2 Å². The van der Waals surface area contributed by atoms with Gasteiger partial charge in [-0.15, -0.1) is 0 Å². The van der Waals surface area contributed by atoms with Crippen LogP contribution in [0.3, 0.4) is 0 Å². The summed E-state index contributed by atoms with van der Waals surface area (Å²) >= 11 is 0. The fraction of sp³-hybridized carbons (Fsp3) is 0.429. The number of amides is 1. The summed E-state index contributed by atoms with van der Waals surface area (Å²) in [5, 5.41) is 14.9. The Kier molecular flexibility index (Phi) is 5.19. The van der Waals surface area contributed by atoms with E-state index in [-0.39, 0.29) is 11.9 Å². The minimum absolute atomic E-state index is 0.0739. The van der Waals surface area contributed by atoms with Crippen LogP contribution in [-0.2, 0) is 4.79 Å². The molecule has 0 fully saturated rings. The van der Waals surface area contributed by atoms with Gasteiger partial charge in [0.2, 0.25) is 5.91 Å². The number of nitrogens with zero attached hydrogens (tertiary/aromatic N) is 1. The number of hydrogen-bond acceptors (Lipinski definition) is 4. The number of nitrogens with one attached hydrogen (secondary N) is 2. The quantitative estimate of drug-likeness (QED) is 0.849. The van der Waals surface area contributed by atoms with Crippen molar-refractivity contribution in [3.8, 4) is 11.8 Å². The molecule has 0 heterocycles. The number of benzene rings is 1. The summed E-state index contributed by atoms with van der Waals surface area (Å²) in [6.07, 6.45) is 0. The molecule has 2 N–H and O–H groups in total. The highest BCUT2D eigenvalue weighted by Gasteiger charge is 2.17. The van der Waals surface area contributed by atoms with E-state index >= 15 is 0 Å². The standard InChI is InChI=1S/C14H19N3O2/c1-9(2)16-14(18)10(3)17-13-11(8-15)6-5-7-12(13)19-4/h5-7,9-10,17H,1-4H3,(H,16,18). The van der Waals surface area contributed by atoms with Gasteiger partial charge in [0, 0.05) is 6.04 Å². The third-order valence-electron chi connectivity index (χ3n) is 2.55. The van der Waals surface area contributed by atoms with Crippen LogP contribution in [-0.4, -0.2) is 25.1 Å². The predicted molar refractivity (Wildman–Crippen MR) is 74.1 cm³/mol. The highest BCUT2D eigenvalue weighted by molar-refractivity contribution is 5.85. The second-order valence-corrected chi connectivity index (χ2v) is 4.52. The maximum atomic E-state index is 11.9. The number of carbonyl (C=O) groups is 1. The van der Waals surface area contributed by atoms with Gasteiger partial charge in [0.15, 0.2) is 0 Å². The van der Waals surface area contributed by atoms with E-state index in [2.05, 4.69) is 16.7 Å². The number of rotatable bonds is 5. The van der Waals surface area contributed by atoms with Crippen molar-refractivity contribution in [2.45, 2.75) is 32.9 Å².